The number of amides is 2. The molecule has 1 fully saturated rings. The van der Waals surface area contributed by atoms with Gasteiger partial charge in [0.15, 0.2) is 0 Å². The maximum atomic E-state index is 11.9. The van der Waals surface area contributed by atoms with Gasteiger partial charge < -0.3 is 15.2 Å². The summed E-state index contributed by atoms with van der Waals surface area (Å²) in [5, 5.41) is 5.83. The second kappa shape index (κ2) is 6.26. The van der Waals surface area contributed by atoms with Crippen LogP contribution in [0.4, 0.5) is 4.79 Å². The second-order valence-corrected chi connectivity index (χ2v) is 6.02. The molecular weight excluding hydrogens is 274 g/mol. The maximum absolute atomic E-state index is 11.9. The first-order valence-electron chi connectivity index (χ1n) is 7.88. The van der Waals surface area contributed by atoms with Crippen LogP contribution in [0.15, 0.2) is 36.4 Å². The van der Waals surface area contributed by atoms with Crippen LogP contribution in [-0.4, -0.2) is 10.6 Å². The van der Waals surface area contributed by atoms with Gasteiger partial charge in [0.1, 0.15) is 0 Å². The van der Waals surface area contributed by atoms with Gasteiger partial charge in [-0.05, 0) is 43.9 Å². The fourth-order valence-corrected chi connectivity index (χ4v) is 2.94. The van der Waals surface area contributed by atoms with Crippen molar-refractivity contribution in [2.24, 2.45) is 0 Å². The number of urea groups is 1. The number of aryl methyl sites for hydroxylation is 1. The largest absolute Gasteiger partial charge is 0.346 e. The Balaban J connectivity index is 1.52. The second-order valence-electron chi connectivity index (χ2n) is 6.02. The molecule has 2 amide bonds. The Kier molecular flexibility index (Phi) is 4.18. The van der Waals surface area contributed by atoms with Crippen LogP contribution in [0.5, 0.6) is 0 Å². The first-order chi connectivity index (χ1) is 10.6. The zero-order valence-electron chi connectivity index (χ0n) is 13.2. The molecule has 1 aromatic heterocycles. The molecule has 0 spiro atoms. The van der Waals surface area contributed by atoms with E-state index in [1.54, 1.807) is 0 Å². The number of rotatable bonds is 5. The SMILES string of the molecule is Cc1cc(CNC(=O)NCc2ccccc2)c(C)n1C1CC1. The van der Waals surface area contributed by atoms with E-state index in [1.807, 2.05) is 30.3 Å². The van der Waals surface area contributed by atoms with E-state index in [2.05, 4.69) is 35.1 Å². The molecule has 3 rings (SSSR count). The molecule has 4 heteroatoms. The van der Waals surface area contributed by atoms with E-state index >= 15 is 0 Å². The molecule has 2 N–H and O–H groups in total. The molecule has 0 aliphatic heterocycles. The van der Waals surface area contributed by atoms with Crippen LogP contribution in [0.25, 0.3) is 0 Å². The monoisotopic (exact) mass is 297 g/mol. The maximum Gasteiger partial charge on any atom is 0.315 e. The van der Waals surface area contributed by atoms with Crippen LogP contribution in [-0.2, 0) is 13.1 Å². The summed E-state index contributed by atoms with van der Waals surface area (Å²) in [6.07, 6.45) is 2.56. The van der Waals surface area contributed by atoms with Crippen molar-refractivity contribution in [2.75, 3.05) is 0 Å². The summed E-state index contributed by atoms with van der Waals surface area (Å²) in [7, 11) is 0. The van der Waals surface area contributed by atoms with Gasteiger partial charge in [-0.15, -0.1) is 0 Å². The molecule has 0 saturated heterocycles. The number of carbonyl (C=O) groups is 1. The predicted molar refractivity (Wildman–Crippen MR) is 87.7 cm³/mol. The molecule has 1 aliphatic carbocycles. The number of hydrogen-bond acceptors (Lipinski definition) is 1. The number of nitrogens with zero attached hydrogens (tertiary/aromatic N) is 1. The highest BCUT2D eigenvalue weighted by atomic mass is 16.2. The van der Waals surface area contributed by atoms with Crippen LogP contribution >= 0.6 is 0 Å². The first-order valence-corrected chi connectivity index (χ1v) is 7.88. The summed E-state index contributed by atoms with van der Waals surface area (Å²) < 4.78 is 2.40. The van der Waals surface area contributed by atoms with Crippen LogP contribution in [0.1, 0.15) is 41.4 Å². The summed E-state index contributed by atoms with van der Waals surface area (Å²) in [6, 6.07) is 12.7. The molecule has 2 aromatic rings. The molecule has 1 saturated carbocycles. The van der Waals surface area contributed by atoms with Gasteiger partial charge >= 0.3 is 6.03 Å². The summed E-state index contributed by atoms with van der Waals surface area (Å²) in [5.74, 6) is 0. The standard InChI is InChI=1S/C18H23N3O/c1-13-10-16(14(2)21(13)17-8-9-17)12-20-18(22)19-11-15-6-4-3-5-7-15/h3-7,10,17H,8-9,11-12H2,1-2H3,(H2,19,20,22). The summed E-state index contributed by atoms with van der Waals surface area (Å²) in [6.45, 7) is 5.41. The summed E-state index contributed by atoms with van der Waals surface area (Å²) in [4.78, 5) is 11.9. The highest BCUT2D eigenvalue weighted by Gasteiger charge is 2.26. The highest BCUT2D eigenvalue weighted by Crippen LogP contribution is 2.38. The quantitative estimate of drug-likeness (QED) is 0.872. The lowest BCUT2D eigenvalue weighted by Gasteiger charge is -2.09. The zero-order chi connectivity index (χ0) is 15.5. The average Bonchev–Trinajstić information content (AvgIpc) is 3.31. The molecule has 0 radical (unpaired) electrons. The van der Waals surface area contributed by atoms with Crippen molar-refractivity contribution < 1.29 is 4.79 Å². The number of carbonyl (C=O) groups excluding carboxylic acids is 1. The number of aromatic nitrogens is 1. The Morgan fingerprint density at radius 2 is 1.82 bits per heavy atom. The fraction of sp³-hybridized carbons (Fsp3) is 0.389. The molecule has 116 valence electrons. The molecule has 0 bridgehead atoms. The minimum absolute atomic E-state index is 0.125. The Morgan fingerprint density at radius 1 is 1.14 bits per heavy atom. The molecular formula is C18H23N3O. The first kappa shape index (κ1) is 14.7. The molecule has 22 heavy (non-hydrogen) atoms. The Bertz CT molecular complexity index is 656. The van der Waals surface area contributed by atoms with Crippen LogP contribution in [0.2, 0.25) is 0 Å². The van der Waals surface area contributed by atoms with Crippen molar-refractivity contribution in [3.63, 3.8) is 0 Å². The Morgan fingerprint density at radius 3 is 2.50 bits per heavy atom. The lowest BCUT2D eigenvalue weighted by molar-refractivity contribution is 0.240. The van der Waals surface area contributed by atoms with Gasteiger partial charge in [-0.2, -0.15) is 0 Å². The van der Waals surface area contributed by atoms with E-state index in [0.29, 0.717) is 19.1 Å². The van der Waals surface area contributed by atoms with Crippen molar-refractivity contribution in [1.29, 1.82) is 0 Å². The molecule has 1 aliphatic rings. The highest BCUT2D eigenvalue weighted by molar-refractivity contribution is 5.73. The molecule has 4 nitrogen and oxygen atoms in total. The number of benzene rings is 1. The van der Waals surface area contributed by atoms with Gasteiger partial charge in [0.05, 0.1) is 0 Å². The van der Waals surface area contributed by atoms with E-state index in [-0.39, 0.29) is 6.03 Å². The fourth-order valence-electron chi connectivity index (χ4n) is 2.94. The predicted octanol–water partition coefficient (Wildman–Crippen LogP) is 3.44. The number of hydrogen-bond donors (Lipinski definition) is 2. The number of nitrogens with one attached hydrogen (secondary N) is 2. The average molecular weight is 297 g/mol. The molecule has 0 atom stereocenters. The van der Waals surface area contributed by atoms with Crippen molar-refractivity contribution in [3.05, 3.63) is 58.9 Å². The third kappa shape index (κ3) is 3.32. The Hall–Kier alpha value is -2.23. The molecule has 1 heterocycles. The van der Waals surface area contributed by atoms with Crippen molar-refractivity contribution >= 4 is 6.03 Å². The van der Waals surface area contributed by atoms with E-state index in [0.717, 1.165) is 5.56 Å². The van der Waals surface area contributed by atoms with Crippen LogP contribution < -0.4 is 10.6 Å². The van der Waals surface area contributed by atoms with E-state index < -0.39 is 0 Å². The third-order valence-corrected chi connectivity index (χ3v) is 4.24. The summed E-state index contributed by atoms with van der Waals surface area (Å²) >= 11 is 0. The van der Waals surface area contributed by atoms with E-state index in [4.69, 9.17) is 0 Å². The lowest BCUT2D eigenvalue weighted by atomic mass is 10.2. The van der Waals surface area contributed by atoms with Gasteiger partial charge in [0.2, 0.25) is 0 Å². The molecule has 0 unspecified atom stereocenters. The Labute approximate surface area is 131 Å². The van der Waals surface area contributed by atoms with Crippen LogP contribution in [0, 0.1) is 13.8 Å². The van der Waals surface area contributed by atoms with E-state index in [9.17, 15) is 4.79 Å². The van der Waals surface area contributed by atoms with Crippen molar-refractivity contribution in [2.45, 2.75) is 45.8 Å². The van der Waals surface area contributed by atoms with Gasteiger partial charge in [0, 0.05) is 30.5 Å². The normalized spacial score (nSPS) is 13.9. The van der Waals surface area contributed by atoms with Gasteiger partial charge in [-0.3, -0.25) is 0 Å². The minimum atomic E-state index is -0.125. The van der Waals surface area contributed by atoms with Gasteiger partial charge in [0.25, 0.3) is 0 Å². The minimum Gasteiger partial charge on any atom is -0.346 e. The van der Waals surface area contributed by atoms with Crippen LogP contribution in [0.3, 0.4) is 0 Å². The van der Waals surface area contributed by atoms with Gasteiger partial charge in [-0.25, -0.2) is 4.79 Å². The van der Waals surface area contributed by atoms with Crippen molar-refractivity contribution in [3.8, 4) is 0 Å². The van der Waals surface area contributed by atoms with Crippen molar-refractivity contribution in [1.82, 2.24) is 15.2 Å². The third-order valence-electron chi connectivity index (χ3n) is 4.24. The topological polar surface area (TPSA) is 46.1 Å². The van der Waals surface area contributed by atoms with Gasteiger partial charge in [-0.1, -0.05) is 30.3 Å². The lowest BCUT2D eigenvalue weighted by Crippen LogP contribution is -2.34. The molecule has 1 aromatic carbocycles. The summed E-state index contributed by atoms with van der Waals surface area (Å²) in [5.41, 5.74) is 4.88. The zero-order valence-corrected chi connectivity index (χ0v) is 13.2. The van der Waals surface area contributed by atoms with E-state index in [1.165, 1.54) is 29.8 Å². The smallest absolute Gasteiger partial charge is 0.315 e.